The van der Waals surface area contributed by atoms with Crippen LogP contribution in [0.3, 0.4) is 0 Å². The zero-order chi connectivity index (χ0) is 27.9. The van der Waals surface area contributed by atoms with Crippen LogP contribution >= 0.6 is 23.2 Å². The number of amides is 3. The maximum Gasteiger partial charge on any atom is 0.323 e. The van der Waals surface area contributed by atoms with Gasteiger partial charge < -0.3 is 15.1 Å². The summed E-state index contributed by atoms with van der Waals surface area (Å²) >= 11 is 12.8. The number of rotatable bonds is 5. The molecule has 11 heteroatoms. The Balaban J connectivity index is 1.58. The molecular weight excluding hydrogens is 559 g/mol. The predicted octanol–water partition coefficient (Wildman–Crippen LogP) is 4.66. The van der Waals surface area contributed by atoms with Crippen LogP contribution in [-0.2, 0) is 14.6 Å². The molecule has 3 aromatic rings. The Labute approximate surface area is 238 Å². The lowest BCUT2D eigenvalue weighted by molar-refractivity contribution is -0.133. The van der Waals surface area contributed by atoms with Gasteiger partial charge in [-0.25, -0.2) is 13.2 Å². The summed E-state index contributed by atoms with van der Waals surface area (Å²) < 4.78 is 28.9. The third-order valence-electron chi connectivity index (χ3n) is 7.31. The maximum absolute atomic E-state index is 14.5. The summed E-state index contributed by atoms with van der Waals surface area (Å²) in [6.45, 7) is 5.17. The lowest BCUT2D eigenvalue weighted by Crippen LogP contribution is -2.66. The SMILES string of the molecule is Cc1ccc(C)c(N2CCN(C(=O)[C@@]3(S(=O)(=O)c4ccccc4Cl)CNC(=O)N3c3ccccc3Cl)CC2)c1. The van der Waals surface area contributed by atoms with Crippen LogP contribution in [-0.4, -0.2) is 62.9 Å². The zero-order valence-corrected chi connectivity index (χ0v) is 23.9. The maximum atomic E-state index is 14.5. The van der Waals surface area contributed by atoms with E-state index in [4.69, 9.17) is 23.2 Å². The highest BCUT2D eigenvalue weighted by Gasteiger charge is 2.64. The Morgan fingerprint density at radius 2 is 1.51 bits per heavy atom. The highest BCUT2D eigenvalue weighted by molar-refractivity contribution is 7.94. The van der Waals surface area contributed by atoms with Crippen molar-refractivity contribution in [2.45, 2.75) is 23.6 Å². The number of carbonyl (C=O) groups excluding carboxylic acids is 2. The molecule has 2 aliphatic heterocycles. The van der Waals surface area contributed by atoms with Crippen LogP contribution in [0.15, 0.2) is 71.6 Å². The second-order valence-electron chi connectivity index (χ2n) is 9.73. The number of halogens is 2. The van der Waals surface area contributed by atoms with Crippen LogP contribution in [0.5, 0.6) is 0 Å². The summed E-state index contributed by atoms with van der Waals surface area (Å²) in [6.07, 6.45) is 0. The number of hydrogen-bond donors (Lipinski definition) is 1. The van der Waals surface area contributed by atoms with Gasteiger partial charge in [0.1, 0.15) is 0 Å². The van der Waals surface area contributed by atoms with Gasteiger partial charge in [0, 0.05) is 31.9 Å². The van der Waals surface area contributed by atoms with E-state index in [2.05, 4.69) is 28.4 Å². The van der Waals surface area contributed by atoms with Crippen LogP contribution < -0.4 is 15.1 Å². The van der Waals surface area contributed by atoms with Crippen molar-refractivity contribution < 1.29 is 18.0 Å². The van der Waals surface area contributed by atoms with Gasteiger partial charge in [-0.2, -0.15) is 0 Å². The largest absolute Gasteiger partial charge is 0.368 e. The Morgan fingerprint density at radius 1 is 0.872 bits per heavy atom. The first-order chi connectivity index (χ1) is 18.6. The minimum absolute atomic E-state index is 0.0390. The van der Waals surface area contributed by atoms with E-state index < -0.39 is 33.2 Å². The fourth-order valence-corrected chi connectivity index (χ4v) is 7.91. The van der Waals surface area contributed by atoms with Gasteiger partial charge in [0.15, 0.2) is 0 Å². The number of urea groups is 1. The van der Waals surface area contributed by atoms with Gasteiger partial charge in [-0.05, 0) is 55.3 Å². The molecule has 204 valence electrons. The fourth-order valence-electron chi connectivity index (χ4n) is 5.26. The molecular formula is C28H28Cl2N4O4S. The molecule has 5 rings (SSSR count). The lowest BCUT2D eigenvalue weighted by Gasteiger charge is -2.42. The first-order valence-electron chi connectivity index (χ1n) is 12.5. The molecule has 0 radical (unpaired) electrons. The summed E-state index contributed by atoms with van der Waals surface area (Å²) in [5.41, 5.74) is 3.45. The molecule has 3 aromatic carbocycles. The quantitative estimate of drug-likeness (QED) is 0.469. The monoisotopic (exact) mass is 586 g/mol. The molecule has 2 fully saturated rings. The van der Waals surface area contributed by atoms with Crippen LogP contribution in [0.4, 0.5) is 16.2 Å². The molecule has 1 N–H and O–H groups in total. The van der Waals surface area contributed by atoms with Crippen molar-refractivity contribution in [3.8, 4) is 0 Å². The van der Waals surface area contributed by atoms with Gasteiger partial charge in [-0.1, -0.05) is 59.6 Å². The Morgan fingerprint density at radius 3 is 2.18 bits per heavy atom. The number of hydrogen-bond acceptors (Lipinski definition) is 5. The Kier molecular flexibility index (Phi) is 7.26. The Bertz CT molecular complexity index is 1560. The van der Waals surface area contributed by atoms with Gasteiger partial charge in [0.25, 0.3) is 10.8 Å². The fraction of sp³-hybridized carbons (Fsp3) is 0.286. The van der Waals surface area contributed by atoms with Crippen molar-refractivity contribution in [2.24, 2.45) is 0 Å². The Hall–Kier alpha value is -3.27. The van der Waals surface area contributed by atoms with Crippen LogP contribution in [0, 0.1) is 13.8 Å². The summed E-state index contributed by atoms with van der Waals surface area (Å²) in [6, 6.07) is 17.8. The average Bonchev–Trinajstić information content (AvgIpc) is 3.28. The summed E-state index contributed by atoms with van der Waals surface area (Å²) in [4.78, 5) is 29.9. The molecule has 8 nitrogen and oxygen atoms in total. The number of benzene rings is 3. The standard InChI is InChI=1S/C28H28Cl2N4O4S/c1-19-11-12-20(2)24(17-19)32-13-15-33(16-14-32)26(35)28(39(37,38)25-10-6-4-8-22(25)30)18-31-27(36)34(28)23-9-5-3-7-21(23)29/h3-12,17H,13-16,18H2,1-2H3,(H,31,36)/t28-/m0/s1. The van der Waals surface area contributed by atoms with Gasteiger partial charge >= 0.3 is 6.03 Å². The van der Waals surface area contributed by atoms with Crippen LogP contribution in [0.1, 0.15) is 11.1 Å². The number of piperazine rings is 1. The zero-order valence-electron chi connectivity index (χ0n) is 21.5. The molecule has 39 heavy (non-hydrogen) atoms. The first kappa shape index (κ1) is 27.3. The lowest BCUT2D eigenvalue weighted by atomic mass is 10.1. The third-order valence-corrected chi connectivity index (χ3v) is 10.4. The van der Waals surface area contributed by atoms with E-state index in [0.29, 0.717) is 13.1 Å². The number of nitrogens with one attached hydrogen (secondary N) is 1. The topological polar surface area (TPSA) is 90.0 Å². The number of anilines is 2. The van der Waals surface area contributed by atoms with Crippen molar-refractivity contribution in [3.05, 3.63) is 87.9 Å². The minimum Gasteiger partial charge on any atom is -0.368 e. The van der Waals surface area contributed by atoms with E-state index in [1.165, 1.54) is 29.2 Å². The molecule has 0 saturated carbocycles. The third kappa shape index (κ3) is 4.52. The van der Waals surface area contributed by atoms with Gasteiger partial charge in [0.05, 0.1) is 27.2 Å². The van der Waals surface area contributed by atoms with E-state index in [1.807, 2.05) is 13.8 Å². The number of aryl methyl sites for hydroxylation is 2. The molecule has 0 unspecified atom stereocenters. The minimum atomic E-state index is -4.56. The molecule has 0 aliphatic carbocycles. The molecule has 0 aromatic heterocycles. The van der Waals surface area contributed by atoms with E-state index >= 15 is 0 Å². The second kappa shape index (κ2) is 10.4. The van der Waals surface area contributed by atoms with E-state index in [0.717, 1.165) is 21.7 Å². The van der Waals surface area contributed by atoms with E-state index in [-0.39, 0.29) is 33.7 Å². The average molecular weight is 588 g/mol. The normalized spacial score (nSPS) is 19.8. The molecule has 3 amide bonds. The molecule has 0 bridgehead atoms. The summed E-state index contributed by atoms with van der Waals surface area (Å²) in [7, 11) is -4.56. The van der Waals surface area contributed by atoms with Crippen molar-refractivity contribution in [1.29, 1.82) is 0 Å². The smallest absolute Gasteiger partial charge is 0.323 e. The summed E-state index contributed by atoms with van der Waals surface area (Å²) in [5.74, 6) is -0.707. The van der Waals surface area contributed by atoms with Crippen LogP contribution in [0.25, 0.3) is 0 Å². The van der Waals surface area contributed by atoms with Gasteiger partial charge in [0.2, 0.25) is 9.84 Å². The van der Waals surface area contributed by atoms with Crippen LogP contribution in [0.2, 0.25) is 10.0 Å². The molecule has 1 atom stereocenters. The summed E-state index contributed by atoms with van der Waals surface area (Å²) in [5, 5.41) is 2.70. The molecule has 2 aliphatic rings. The van der Waals surface area contributed by atoms with Crippen molar-refractivity contribution in [3.63, 3.8) is 0 Å². The number of sulfone groups is 1. The number of carbonyl (C=O) groups is 2. The van der Waals surface area contributed by atoms with Gasteiger partial charge in [-0.3, -0.25) is 9.69 Å². The van der Waals surface area contributed by atoms with Gasteiger partial charge in [-0.15, -0.1) is 0 Å². The van der Waals surface area contributed by atoms with Crippen molar-refractivity contribution >= 4 is 56.4 Å². The molecule has 2 heterocycles. The predicted molar refractivity (Wildman–Crippen MR) is 153 cm³/mol. The van der Waals surface area contributed by atoms with E-state index in [1.54, 1.807) is 24.3 Å². The molecule has 0 spiro atoms. The highest BCUT2D eigenvalue weighted by Crippen LogP contribution is 2.42. The highest BCUT2D eigenvalue weighted by atomic mass is 35.5. The second-order valence-corrected chi connectivity index (χ2v) is 12.7. The van der Waals surface area contributed by atoms with Crippen molar-refractivity contribution in [2.75, 3.05) is 42.5 Å². The molecule has 2 saturated heterocycles. The number of nitrogens with zero attached hydrogens (tertiary/aromatic N) is 3. The van der Waals surface area contributed by atoms with E-state index in [9.17, 15) is 18.0 Å². The van der Waals surface area contributed by atoms with Crippen molar-refractivity contribution in [1.82, 2.24) is 10.2 Å². The number of para-hydroxylation sites is 1. The first-order valence-corrected chi connectivity index (χ1v) is 14.7.